The number of hydrogen-bond donors (Lipinski definition) is 5. The van der Waals surface area contributed by atoms with Crippen LogP contribution in [0.1, 0.15) is 120 Å². The van der Waals surface area contributed by atoms with Gasteiger partial charge in [-0.1, -0.05) is 49.2 Å². The number of aliphatic hydroxyl groups is 1. The summed E-state index contributed by atoms with van der Waals surface area (Å²) in [7, 11) is 0. The minimum Gasteiger partial charge on any atom is -0.392 e. The highest BCUT2D eigenvalue weighted by atomic mass is 16.7. The molecule has 1 saturated carbocycles. The Hall–Kier alpha value is -3.35. The van der Waals surface area contributed by atoms with E-state index in [-0.39, 0.29) is 55.1 Å². The molecule has 3 fully saturated rings. The summed E-state index contributed by atoms with van der Waals surface area (Å²) in [5.41, 5.74) is 4.50. The first-order chi connectivity index (χ1) is 23.5. The molecule has 11 heteroatoms. The number of nitrogens with zero attached hydrogens (tertiary/aromatic N) is 1. The number of amides is 3. The van der Waals surface area contributed by atoms with Crippen LogP contribution in [0.25, 0.3) is 0 Å². The van der Waals surface area contributed by atoms with Crippen molar-refractivity contribution in [3.05, 3.63) is 65.2 Å². The summed E-state index contributed by atoms with van der Waals surface area (Å²) in [6.45, 7) is 6.65. The van der Waals surface area contributed by atoms with Crippen molar-refractivity contribution in [3.63, 3.8) is 0 Å². The molecule has 268 valence electrons. The van der Waals surface area contributed by atoms with E-state index in [1.165, 1.54) is 19.3 Å². The van der Waals surface area contributed by atoms with Crippen LogP contribution in [0.3, 0.4) is 0 Å². The number of anilines is 1. The Morgan fingerprint density at radius 2 is 1.63 bits per heavy atom. The first-order valence-corrected chi connectivity index (χ1v) is 17.9. The zero-order valence-electron chi connectivity index (χ0n) is 29.2. The van der Waals surface area contributed by atoms with Gasteiger partial charge in [-0.2, -0.15) is 0 Å². The van der Waals surface area contributed by atoms with E-state index in [9.17, 15) is 19.5 Å². The van der Waals surface area contributed by atoms with E-state index in [2.05, 4.69) is 15.5 Å². The molecule has 0 spiro atoms. The zero-order chi connectivity index (χ0) is 35.0. The van der Waals surface area contributed by atoms with Crippen LogP contribution in [0.4, 0.5) is 5.69 Å². The average molecular weight is 679 g/mol. The van der Waals surface area contributed by atoms with Crippen LogP contribution in [0.2, 0.25) is 0 Å². The van der Waals surface area contributed by atoms with E-state index in [1.54, 1.807) is 5.48 Å². The number of aliphatic hydroxyl groups excluding tert-OH is 1. The zero-order valence-corrected chi connectivity index (χ0v) is 29.2. The summed E-state index contributed by atoms with van der Waals surface area (Å²) in [6, 6.07) is 15.4. The van der Waals surface area contributed by atoms with Gasteiger partial charge in [0.05, 0.1) is 24.9 Å². The van der Waals surface area contributed by atoms with Gasteiger partial charge in [-0.05, 0) is 88.5 Å². The number of fused-ring (bicyclic) bond motifs is 1. The highest BCUT2D eigenvalue weighted by molar-refractivity contribution is 5.90. The van der Waals surface area contributed by atoms with E-state index >= 15 is 0 Å². The Balaban J connectivity index is 1.35. The number of carbonyl (C=O) groups excluding carboxylic acids is 3. The number of hydroxylamine groups is 1. The first kappa shape index (κ1) is 36.9. The van der Waals surface area contributed by atoms with Crippen LogP contribution in [0.15, 0.2) is 48.5 Å². The minimum atomic E-state index is -0.705. The van der Waals surface area contributed by atoms with Gasteiger partial charge in [-0.3, -0.25) is 24.5 Å². The standard InChI is InChI=1S/C38H54N4O7/c1-38(2,3)40-36(46)32-20-19-26-9-4-5-12-31(26)42(32)23-30-22-33(27-17-15-25(24-43)16-18-27)49-37(48-30)28-10-8-11-29(21-28)39-34(44)13-6-7-14-35(45)41-47/h8,10-11,15-18,21,26,30-33,37,43,47H,4-7,9,12-14,19-20,22-24H2,1-3H3,(H,39,44)(H,40,46)(H,41,45). The van der Waals surface area contributed by atoms with E-state index in [4.69, 9.17) is 14.7 Å². The van der Waals surface area contributed by atoms with Crippen molar-refractivity contribution in [2.24, 2.45) is 5.92 Å². The summed E-state index contributed by atoms with van der Waals surface area (Å²) in [6.07, 6.45) is 7.39. The third-order valence-electron chi connectivity index (χ3n) is 9.96. The molecule has 5 N–H and O–H groups in total. The van der Waals surface area contributed by atoms with Gasteiger partial charge in [0.1, 0.15) is 0 Å². The van der Waals surface area contributed by atoms with Crippen molar-refractivity contribution >= 4 is 23.4 Å². The predicted molar refractivity (Wildman–Crippen MR) is 185 cm³/mol. The van der Waals surface area contributed by atoms with E-state index in [0.29, 0.717) is 43.5 Å². The molecule has 3 amide bonds. The lowest BCUT2D eigenvalue weighted by Crippen LogP contribution is -2.61. The second kappa shape index (κ2) is 17.0. The van der Waals surface area contributed by atoms with Crippen molar-refractivity contribution in [1.29, 1.82) is 0 Å². The molecule has 2 aromatic carbocycles. The molecule has 6 unspecified atom stereocenters. The van der Waals surface area contributed by atoms with Gasteiger partial charge < -0.3 is 25.2 Å². The Morgan fingerprint density at radius 3 is 2.35 bits per heavy atom. The lowest BCUT2D eigenvalue weighted by Gasteiger charge is -2.50. The summed E-state index contributed by atoms with van der Waals surface area (Å²) >= 11 is 0. The number of nitrogens with one attached hydrogen (secondary N) is 3. The van der Waals surface area contributed by atoms with Crippen LogP contribution in [0, 0.1) is 5.92 Å². The summed E-state index contributed by atoms with van der Waals surface area (Å²) in [4.78, 5) is 40.1. The Labute approximate surface area is 290 Å². The maximum Gasteiger partial charge on any atom is 0.243 e. The lowest BCUT2D eigenvalue weighted by molar-refractivity contribution is -0.255. The molecule has 6 atom stereocenters. The second-order valence-electron chi connectivity index (χ2n) is 14.9. The summed E-state index contributed by atoms with van der Waals surface area (Å²) < 4.78 is 13.4. The second-order valence-corrected chi connectivity index (χ2v) is 14.9. The van der Waals surface area contributed by atoms with Gasteiger partial charge in [0, 0.05) is 48.6 Å². The third kappa shape index (κ3) is 10.3. The van der Waals surface area contributed by atoms with Gasteiger partial charge >= 0.3 is 0 Å². The number of benzene rings is 2. The molecular formula is C38H54N4O7. The maximum absolute atomic E-state index is 13.7. The number of rotatable bonds is 12. The molecule has 2 aliphatic heterocycles. The average Bonchev–Trinajstić information content (AvgIpc) is 3.09. The summed E-state index contributed by atoms with van der Waals surface area (Å²) in [5, 5.41) is 24.5. The lowest BCUT2D eigenvalue weighted by atomic mass is 9.75. The molecule has 0 bridgehead atoms. The van der Waals surface area contributed by atoms with Gasteiger partial charge in [0.25, 0.3) is 0 Å². The number of carbonyl (C=O) groups is 3. The van der Waals surface area contributed by atoms with Crippen LogP contribution in [-0.4, -0.2) is 63.2 Å². The topological polar surface area (TPSA) is 149 Å². The molecule has 0 aromatic heterocycles. The number of hydrogen-bond acceptors (Lipinski definition) is 8. The van der Waals surface area contributed by atoms with Crippen molar-refractivity contribution in [2.75, 3.05) is 11.9 Å². The monoisotopic (exact) mass is 678 g/mol. The fraction of sp³-hybridized carbons (Fsp3) is 0.605. The molecule has 2 saturated heterocycles. The van der Waals surface area contributed by atoms with Crippen molar-refractivity contribution in [2.45, 2.75) is 134 Å². The molecule has 49 heavy (non-hydrogen) atoms. The smallest absolute Gasteiger partial charge is 0.243 e. The highest BCUT2D eigenvalue weighted by Gasteiger charge is 2.44. The van der Waals surface area contributed by atoms with Crippen LogP contribution in [-0.2, 0) is 30.5 Å². The fourth-order valence-electron chi connectivity index (χ4n) is 7.61. The molecular weight excluding hydrogens is 624 g/mol. The Kier molecular flexibility index (Phi) is 12.8. The van der Waals surface area contributed by atoms with Gasteiger partial charge in [0.2, 0.25) is 17.7 Å². The van der Waals surface area contributed by atoms with Crippen molar-refractivity contribution < 1.29 is 34.2 Å². The fourth-order valence-corrected chi connectivity index (χ4v) is 7.61. The van der Waals surface area contributed by atoms with E-state index in [0.717, 1.165) is 36.0 Å². The van der Waals surface area contributed by atoms with Crippen LogP contribution < -0.4 is 16.1 Å². The quantitative estimate of drug-likeness (QED) is 0.110. The number of likely N-dealkylation sites (tertiary alicyclic amines) is 1. The van der Waals surface area contributed by atoms with Gasteiger partial charge in [-0.15, -0.1) is 0 Å². The normalized spacial score (nSPS) is 26.0. The van der Waals surface area contributed by atoms with Gasteiger partial charge in [-0.25, -0.2) is 5.48 Å². The number of piperidine rings is 1. The number of unbranched alkanes of at least 4 members (excludes halogenated alkanes) is 1. The third-order valence-corrected chi connectivity index (χ3v) is 9.96. The Morgan fingerprint density at radius 1 is 0.898 bits per heavy atom. The predicted octanol–water partition coefficient (Wildman–Crippen LogP) is 5.67. The molecule has 3 aliphatic rings. The Bertz CT molecular complexity index is 1410. The van der Waals surface area contributed by atoms with E-state index < -0.39 is 12.2 Å². The van der Waals surface area contributed by atoms with Crippen molar-refractivity contribution in [3.8, 4) is 0 Å². The number of ether oxygens (including phenoxy) is 2. The van der Waals surface area contributed by atoms with Crippen LogP contribution in [0.5, 0.6) is 0 Å². The largest absolute Gasteiger partial charge is 0.392 e. The highest BCUT2D eigenvalue weighted by Crippen LogP contribution is 2.42. The molecule has 2 aromatic rings. The van der Waals surface area contributed by atoms with Gasteiger partial charge in [0.15, 0.2) is 6.29 Å². The van der Waals surface area contributed by atoms with Crippen molar-refractivity contribution in [1.82, 2.24) is 15.7 Å². The maximum atomic E-state index is 13.7. The molecule has 1 aliphatic carbocycles. The van der Waals surface area contributed by atoms with Crippen LogP contribution >= 0.6 is 0 Å². The molecule has 11 nitrogen and oxygen atoms in total. The first-order valence-electron chi connectivity index (χ1n) is 17.9. The molecule has 2 heterocycles. The minimum absolute atomic E-state index is 0.0355. The molecule has 5 rings (SSSR count). The summed E-state index contributed by atoms with van der Waals surface area (Å²) in [5.74, 6) is 0.0240. The molecule has 0 radical (unpaired) electrons. The SMILES string of the molecule is CC(C)(C)NC(=O)C1CCC2CCCCC2N1CC1CC(c2ccc(CO)cc2)OC(c2cccc(NC(=O)CCCCC(=O)NO)c2)O1. The van der Waals surface area contributed by atoms with E-state index in [1.807, 2.05) is 69.3 Å².